The molecule has 2 aromatic carbocycles. The molecule has 9 heteroatoms. The fraction of sp³-hybridized carbons (Fsp3) is 0.160. The van der Waals surface area contributed by atoms with Crippen LogP contribution in [0.3, 0.4) is 0 Å². The zero-order valence-corrected chi connectivity index (χ0v) is 18.5. The molecule has 1 fully saturated rings. The number of nitrogens with zero attached hydrogens (tertiary/aromatic N) is 2. The summed E-state index contributed by atoms with van der Waals surface area (Å²) in [6.45, 7) is 4.15. The molecule has 0 spiro atoms. The van der Waals surface area contributed by atoms with Gasteiger partial charge in [-0.25, -0.2) is 9.69 Å². The van der Waals surface area contributed by atoms with E-state index in [1.165, 1.54) is 30.3 Å². The fourth-order valence-electron chi connectivity index (χ4n) is 3.58. The number of anilines is 1. The molecule has 1 N–H and O–H groups in total. The van der Waals surface area contributed by atoms with E-state index in [0.717, 1.165) is 16.9 Å². The number of carbonyl (C=O) groups excluding carboxylic acids is 3. The van der Waals surface area contributed by atoms with Crippen LogP contribution in [0.5, 0.6) is 0 Å². The van der Waals surface area contributed by atoms with Crippen molar-refractivity contribution in [2.45, 2.75) is 26.2 Å². The van der Waals surface area contributed by atoms with Crippen molar-refractivity contribution in [3.8, 4) is 11.3 Å². The fourth-order valence-corrected chi connectivity index (χ4v) is 3.58. The first kappa shape index (κ1) is 22.7. The van der Waals surface area contributed by atoms with Crippen molar-refractivity contribution >= 4 is 35.3 Å². The minimum absolute atomic E-state index is 0.0934. The lowest BCUT2D eigenvalue weighted by Gasteiger charge is -2.26. The van der Waals surface area contributed by atoms with Crippen LogP contribution in [0, 0.1) is 10.1 Å². The summed E-state index contributed by atoms with van der Waals surface area (Å²) in [5.74, 6) is -0.778. The molecule has 1 aromatic heterocycles. The SMILES string of the molecule is CC[C@@H](C)c1ccc(N2C(=O)NC(=O)/C(=C/c3ccc(-c4cccc([N+](=O)[O-])c4)o3)C2=O)cc1. The van der Waals surface area contributed by atoms with E-state index in [4.69, 9.17) is 4.42 Å². The number of rotatable bonds is 6. The van der Waals surface area contributed by atoms with Gasteiger partial charge in [-0.1, -0.05) is 38.1 Å². The molecule has 4 rings (SSSR count). The highest BCUT2D eigenvalue weighted by molar-refractivity contribution is 6.39. The van der Waals surface area contributed by atoms with Gasteiger partial charge in [0.15, 0.2) is 0 Å². The number of non-ortho nitro benzene ring substituents is 1. The van der Waals surface area contributed by atoms with Gasteiger partial charge in [0.1, 0.15) is 17.1 Å². The Morgan fingerprint density at radius 3 is 2.50 bits per heavy atom. The van der Waals surface area contributed by atoms with Crippen LogP contribution in [-0.4, -0.2) is 22.8 Å². The van der Waals surface area contributed by atoms with Crippen molar-refractivity contribution in [1.29, 1.82) is 0 Å². The standard InChI is InChI=1S/C25H21N3O6/c1-3-15(2)16-7-9-18(10-8-16)27-24(30)21(23(29)26-25(27)31)14-20-11-12-22(34-20)17-5-4-6-19(13-17)28(32)33/h4-15H,3H2,1-2H3,(H,26,29,31)/b21-14-/t15-/m1/s1. The number of furan rings is 1. The number of barbiturate groups is 1. The van der Waals surface area contributed by atoms with Crippen LogP contribution in [-0.2, 0) is 9.59 Å². The normalized spacial score (nSPS) is 16.0. The minimum Gasteiger partial charge on any atom is -0.457 e. The molecule has 0 aliphatic carbocycles. The minimum atomic E-state index is -0.837. The summed E-state index contributed by atoms with van der Waals surface area (Å²) in [7, 11) is 0. The number of hydrogen-bond donors (Lipinski definition) is 1. The lowest BCUT2D eigenvalue weighted by molar-refractivity contribution is -0.384. The Morgan fingerprint density at radius 1 is 1.09 bits per heavy atom. The number of nitro groups is 1. The zero-order chi connectivity index (χ0) is 24.4. The predicted molar refractivity (Wildman–Crippen MR) is 125 cm³/mol. The first-order valence-corrected chi connectivity index (χ1v) is 10.6. The van der Waals surface area contributed by atoms with Crippen LogP contribution >= 0.6 is 0 Å². The predicted octanol–water partition coefficient (Wildman–Crippen LogP) is 5.03. The van der Waals surface area contributed by atoms with E-state index in [0.29, 0.717) is 22.9 Å². The maximum absolute atomic E-state index is 13.1. The van der Waals surface area contributed by atoms with Crippen LogP contribution < -0.4 is 10.2 Å². The monoisotopic (exact) mass is 459 g/mol. The second kappa shape index (κ2) is 9.14. The summed E-state index contributed by atoms with van der Waals surface area (Å²) in [6, 6.07) is 15.2. The smallest absolute Gasteiger partial charge is 0.335 e. The highest BCUT2D eigenvalue weighted by atomic mass is 16.6. The third kappa shape index (κ3) is 4.36. The van der Waals surface area contributed by atoms with Crippen LogP contribution in [0.25, 0.3) is 17.4 Å². The van der Waals surface area contributed by atoms with Crippen molar-refractivity contribution in [2.24, 2.45) is 0 Å². The number of hydrogen-bond acceptors (Lipinski definition) is 6. The van der Waals surface area contributed by atoms with Gasteiger partial charge in [-0.2, -0.15) is 0 Å². The Morgan fingerprint density at radius 2 is 1.82 bits per heavy atom. The van der Waals surface area contributed by atoms with Crippen molar-refractivity contribution in [2.75, 3.05) is 4.90 Å². The van der Waals surface area contributed by atoms with Gasteiger partial charge in [0.25, 0.3) is 17.5 Å². The van der Waals surface area contributed by atoms with Gasteiger partial charge >= 0.3 is 6.03 Å². The number of urea groups is 1. The maximum atomic E-state index is 13.1. The van der Waals surface area contributed by atoms with Crippen LogP contribution in [0.15, 0.2) is 70.7 Å². The van der Waals surface area contributed by atoms with E-state index >= 15 is 0 Å². The van der Waals surface area contributed by atoms with Crippen LogP contribution in [0.4, 0.5) is 16.2 Å². The van der Waals surface area contributed by atoms with E-state index in [1.807, 2.05) is 12.1 Å². The average Bonchev–Trinajstić information content (AvgIpc) is 3.30. The van der Waals surface area contributed by atoms with Gasteiger partial charge in [-0.3, -0.25) is 25.0 Å². The number of imide groups is 2. The van der Waals surface area contributed by atoms with Gasteiger partial charge < -0.3 is 4.42 Å². The molecule has 34 heavy (non-hydrogen) atoms. The number of nitrogens with one attached hydrogen (secondary N) is 1. The number of amides is 4. The molecule has 1 saturated heterocycles. The maximum Gasteiger partial charge on any atom is 0.335 e. The Balaban J connectivity index is 1.63. The highest BCUT2D eigenvalue weighted by Crippen LogP contribution is 2.28. The number of carbonyl (C=O) groups is 3. The Bertz CT molecular complexity index is 1320. The lowest BCUT2D eigenvalue weighted by atomic mass is 9.98. The van der Waals surface area contributed by atoms with Crippen molar-refractivity contribution < 1.29 is 23.7 Å². The molecule has 0 unspecified atom stereocenters. The zero-order valence-electron chi connectivity index (χ0n) is 18.5. The molecular formula is C25H21N3O6. The molecule has 0 radical (unpaired) electrons. The number of nitro benzene ring substituents is 1. The van der Waals surface area contributed by atoms with Crippen LogP contribution in [0.2, 0.25) is 0 Å². The summed E-state index contributed by atoms with van der Waals surface area (Å²) in [5.41, 5.74) is 1.52. The van der Waals surface area contributed by atoms with E-state index in [2.05, 4.69) is 19.2 Å². The third-order valence-corrected chi connectivity index (χ3v) is 5.69. The van der Waals surface area contributed by atoms with E-state index in [-0.39, 0.29) is 17.0 Å². The van der Waals surface area contributed by atoms with E-state index < -0.39 is 22.8 Å². The molecule has 9 nitrogen and oxygen atoms in total. The van der Waals surface area contributed by atoms with E-state index in [1.54, 1.807) is 24.3 Å². The van der Waals surface area contributed by atoms with Crippen molar-refractivity contribution in [1.82, 2.24) is 5.32 Å². The Labute approximate surface area is 194 Å². The first-order chi connectivity index (χ1) is 16.3. The molecule has 4 amide bonds. The second-order valence-corrected chi connectivity index (χ2v) is 7.87. The van der Waals surface area contributed by atoms with Crippen molar-refractivity contribution in [3.05, 3.63) is 87.7 Å². The summed E-state index contributed by atoms with van der Waals surface area (Å²) < 4.78 is 5.69. The summed E-state index contributed by atoms with van der Waals surface area (Å²) in [5, 5.41) is 13.2. The molecule has 2 heterocycles. The van der Waals surface area contributed by atoms with Crippen molar-refractivity contribution in [3.63, 3.8) is 0 Å². The molecule has 0 bridgehead atoms. The molecule has 1 aliphatic heterocycles. The molecule has 3 aromatic rings. The topological polar surface area (TPSA) is 123 Å². The quantitative estimate of drug-likeness (QED) is 0.239. The van der Waals surface area contributed by atoms with Gasteiger partial charge in [0.05, 0.1) is 10.6 Å². The summed E-state index contributed by atoms with van der Waals surface area (Å²) in [4.78, 5) is 49.3. The third-order valence-electron chi connectivity index (χ3n) is 5.69. The first-order valence-electron chi connectivity index (χ1n) is 10.6. The summed E-state index contributed by atoms with van der Waals surface area (Å²) in [6.07, 6.45) is 2.19. The largest absolute Gasteiger partial charge is 0.457 e. The highest BCUT2D eigenvalue weighted by Gasteiger charge is 2.37. The second-order valence-electron chi connectivity index (χ2n) is 7.87. The van der Waals surface area contributed by atoms with Gasteiger partial charge in [-0.15, -0.1) is 0 Å². The number of benzene rings is 2. The molecule has 1 aliphatic rings. The van der Waals surface area contributed by atoms with E-state index in [9.17, 15) is 24.5 Å². The molecular weight excluding hydrogens is 438 g/mol. The average molecular weight is 459 g/mol. The molecule has 1 atom stereocenters. The van der Waals surface area contributed by atoms with Gasteiger partial charge in [0, 0.05) is 17.7 Å². The Kier molecular flexibility index (Phi) is 6.09. The molecule has 0 saturated carbocycles. The molecule has 172 valence electrons. The summed E-state index contributed by atoms with van der Waals surface area (Å²) >= 11 is 0. The van der Waals surface area contributed by atoms with Crippen LogP contribution in [0.1, 0.15) is 37.5 Å². The lowest BCUT2D eigenvalue weighted by Crippen LogP contribution is -2.54. The Hall–Kier alpha value is -4.53. The van der Waals surface area contributed by atoms with Gasteiger partial charge in [0.2, 0.25) is 0 Å². The van der Waals surface area contributed by atoms with Gasteiger partial charge in [-0.05, 0) is 48.2 Å².